The van der Waals surface area contributed by atoms with E-state index in [9.17, 15) is 0 Å². The van der Waals surface area contributed by atoms with E-state index in [-0.39, 0.29) is 12.1 Å². The standard InChI is InChI=1S/C16H27NO/c1-6-17-15(16(12(3)4)18-7-2)14-10-8-9-13(5)11-14/h8-12,15-17H,6-7H2,1-5H3. The Kier molecular flexibility index (Phi) is 6.37. The van der Waals surface area contributed by atoms with Crippen LogP contribution in [-0.4, -0.2) is 19.3 Å². The highest BCUT2D eigenvalue weighted by molar-refractivity contribution is 5.26. The van der Waals surface area contributed by atoms with Crippen LogP contribution in [0.1, 0.15) is 44.9 Å². The van der Waals surface area contributed by atoms with Crippen molar-refractivity contribution in [1.82, 2.24) is 5.32 Å². The van der Waals surface area contributed by atoms with Gasteiger partial charge in [0.05, 0.1) is 12.1 Å². The molecule has 0 aliphatic carbocycles. The van der Waals surface area contributed by atoms with Crippen molar-refractivity contribution in [2.45, 2.75) is 46.8 Å². The van der Waals surface area contributed by atoms with Crippen LogP contribution in [0.15, 0.2) is 24.3 Å². The third-order valence-corrected chi connectivity index (χ3v) is 3.17. The number of likely N-dealkylation sites (N-methyl/N-ethyl adjacent to an activating group) is 1. The molecule has 0 aromatic heterocycles. The van der Waals surface area contributed by atoms with Crippen molar-refractivity contribution in [2.75, 3.05) is 13.2 Å². The van der Waals surface area contributed by atoms with Crippen molar-refractivity contribution in [3.8, 4) is 0 Å². The van der Waals surface area contributed by atoms with Crippen molar-refractivity contribution in [2.24, 2.45) is 5.92 Å². The van der Waals surface area contributed by atoms with Crippen LogP contribution >= 0.6 is 0 Å². The molecule has 0 radical (unpaired) electrons. The summed E-state index contributed by atoms with van der Waals surface area (Å²) in [4.78, 5) is 0. The van der Waals surface area contributed by atoms with Gasteiger partial charge in [-0.1, -0.05) is 50.6 Å². The fraction of sp³-hybridized carbons (Fsp3) is 0.625. The largest absolute Gasteiger partial charge is 0.376 e. The summed E-state index contributed by atoms with van der Waals surface area (Å²) in [7, 11) is 0. The van der Waals surface area contributed by atoms with Gasteiger partial charge >= 0.3 is 0 Å². The topological polar surface area (TPSA) is 21.3 Å². The molecular weight excluding hydrogens is 222 g/mol. The monoisotopic (exact) mass is 249 g/mol. The molecule has 1 aromatic rings. The zero-order valence-electron chi connectivity index (χ0n) is 12.4. The van der Waals surface area contributed by atoms with Crippen LogP contribution in [0.2, 0.25) is 0 Å². The Morgan fingerprint density at radius 3 is 2.44 bits per heavy atom. The number of aryl methyl sites for hydroxylation is 1. The predicted molar refractivity (Wildman–Crippen MR) is 77.8 cm³/mol. The number of benzene rings is 1. The molecule has 0 heterocycles. The summed E-state index contributed by atoms with van der Waals surface area (Å²) in [6.07, 6.45) is 0.219. The van der Waals surface area contributed by atoms with Crippen LogP contribution in [0.5, 0.6) is 0 Å². The van der Waals surface area contributed by atoms with Gasteiger partial charge < -0.3 is 10.1 Å². The molecule has 1 rings (SSSR count). The lowest BCUT2D eigenvalue weighted by molar-refractivity contribution is 0.00317. The second kappa shape index (κ2) is 7.55. The fourth-order valence-corrected chi connectivity index (χ4v) is 2.37. The van der Waals surface area contributed by atoms with Gasteiger partial charge in [-0.3, -0.25) is 0 Å². The zero-order valence-corrected chi connectivity index (χ0v) is 12.4. The zero-order chi connectivity index (χ0) is 13.5. The Morgan fingerprint density at radius 2 is 1.94 bits per heavy atom. The molecule has 1 aromatic carbocycles. The first-order chi connectivity index (χ1) is 8.60. The smallest absolute Gasteiger partial charge is 0.0792 e. The summed E-state index contributed by atoms with van der Waals surface area (Å²) in [6.45, 7) is 12.5. The Labute approximate surface area is 112 Å². The predicted octanol–water partition coefficient (Wildman–Crippen LogP) is 3.71. The second-order valence-electron chi connectivity index (χ2n) is 5.11. The van der Waals surface area contributed by atoms with E-state index in [0.717, 1.165) is 13.2 Å². The lowest BCUT2D eigenvalue weighted by Crippen LogP contribution is -2.37. The van der Waals surface area contributed by atoms with E-state index in [1.807, 2.05) is 0 Å². The van der Waals surface area contributed by atoms with Gasteiger partial charge in [0.2, 0.25) is 0 Å². The van der Waals surface area contributed by atoms with Crippen LogP contribution < -0.4 is 5.32 Å². The van der Waals surface area contributed by atoms with Crippen LogP contribution in [0.25, 0.3) is 0 Å². The van der Waals surface area contributed by atoms with Gasteiger partial charge in [0.15, 0.2) is 0 Å². The summed E-state index contributed by atoms with van der Waals surface area (Å²) in [6, 6.07) is 8.97. The maximum Gasteiger partial charge on any atom is 0.0792 e. The summed E-state index contributed by atoms with van der Waals surface area (Å²) >= 11 is 0. The maximum absolute atomic E-state index is 5.95. The normalized spacial score (nSPS) is 14.8. The molecule has 0 aliphatic heterocycles. The van der Waals surface area contributed by atoms with Crippen molar-refractivity contribution < 1.29 is 4.74 Å². The van der Waals surface area contributed by atoms with Gasteiger partial charge in [-0.15, -0.1) is 0 Å². The molecule has 2 atom stereocenters. The van der Waals surface area contributed by atoms with Crippen molar-refractivity contribution in [1.29, 1.82) is 0 Å². The van der Waals surface area contributed by atoms with E-state index in [2.05, 4.69) is 64.2 Å². The second-order valence-corrected chi connectivity index (χ2v) is 5.11. The Balaban J connectivity index is 2.99. The Bertz CT molecular complexity index is 349. The molecule has 0 saturated heterocycles. The van der Waals surface area contributed by atoms with Gasteiger partial charge in [0, 0.05) is 6.61 Å². The average Bonchev–Trinajstić information content (AvgIpc) is 2.33. The first-order valence-electron chi connectivity index (χ1n) is 7.01. The molecule has 0 amide bonds. The molecule has 0 bridgehead atoms. The minimum Gasteiger partial charge on any atom is -0.376 e. The van der Waals surface area contributed by atoms with Gasteiger partial charge in [-0.2, -0.15) is 0 Å². The summed E-state index contributed by atoms with van der Waals surface area (Å²) < 4.78 is 5.95. The molecule has 0 saturated carbocycles. The molecule has 1 N–H and O–H groups in total. The van der Waals surface area contributed by atoms with E-state index in [4.69, 9.17) is 4.74 Å². The van der Waals surface area contributed by atoms with E-state index in [1.54, 1.807) is 0 Å². The molecule has 0 fully saturated rings. The van der Waals surface area contributed by atoms with Crippen LogP contribution in [-0.2, 0) is 4.74 Å². The minimum atomic E-state index is 0.219. The molecule has 2 heteroatoms. The van der Waals surface area contributed by atoms with Gasteiger partial charge in [-0.05, 0) is 31.9 Å². The van der Waals surface area contributed by atoms with Crippen LogP contribution in [0.4, 0.5) is 0 Å². The molecule has 0 spiro atoms. The highest BCUT2D eigenvalue weighted by Gasteiger charge is 2.25. The Morgan fingerprint density at radius 1 is 1.22 bits per heavy atom. The van der Waals surface area contributed by atoms with Gasteiger partial charge in [-0.25, -0.2) is 0 Å². The molecular formula is C16H27NO. The minimum absolute atomic E-state index is 0.219. The van der Waals surface area contributed by atoms with E-state index < -0.39 is 0 Å². The van der Waals surface area contributed by atoms with Crippen molar-refractivity contribution in [3.63, 3.8) is 0 Å². The number of hydrogen-bond acceptors (Lipinski definition) is 2. The summed E-state index contributed by atoms with van der Waals surface area (Å²) in [5.41, 5.74) is 2.62. The molecule has 102 valence electrons. The van der Waals surface area contributed by atoms with Gasteiger partial charge in [0.25, 0.3) is 0 Å². The molecule has 0 aliphatic rings. The first-order valence-corrected chi connectivity index (χ1v) is 7.01. The SMILES string of the molecule is CCNC(c1cccc(C)c1)C(OCC)C(C)C. The third-order valence-electron chi connectivity index (χ3n) is 3.17. The number of hydrogen-bond donors (Lipinski definition) is 1. The third kappa shape index (κ3) is 4.11. The van der Waals surface area contributed by atoms with Gasteiger partial charge in [0.1, 0.15) is 0 Å². The highest BCUT2D eigenvalue weighted by Crippen LogP contribution is 2.25. The van der Waals surface area contributed by atoms with E-state index in [1.165, 1.54) is 11.1 Å². The molecule has 2 nitrogen and oxygen atoms in total. The number of ether oxygens (including phenoxy) is 1. The van der Waals surface area contributed by atoms with Crippen LogP contribution in [0.3, 0.4) is 0 Å². The fourth-order valence-electron chi connectivity index (χ4n) is 2.37. The first kappa shape index (κ1) is 15.2. The van der Waals surface area contributed by atoms with Crippen molar-refractivity contribution in [3.05, 3.63) is 35.4 Å². The molecule has 2 unspecified atom stereocenters. The van der Waals surface area contributed by atoms with Crippen LogP contribution in [0, 0.1) is 12.8 Å². The average molecular weight is 249 g/mol. The molecule has 18 heavy (non-hydrogen) atoms. The Hall–Kier alpha value is -0.860. The number of nitrogens with one attached hydrogen (secondary N) is 1. The lowest BCUT2D eigenvalue weighted by atomic mass is 9.92. The van der Waals surface area contributed by atoms with Crippen molar-refractivity contribution >= 4 is 0 Å². The van der Waals surface area contributed by atoms with E-state index in [0.29, 0.717) is 5.92 Å². The quantitative estimate of drug-likeness (QED) is 0.795. The summed E-state index contributed by atoms with van der Waals surface area (Å²) in [5, 5.41) is 3.57. The summed E-state index contributed by atoms with van der Waals surface area (Å²) in [5.74, 6) is 0.495. The van der Waals surface area contributed by atoms with E-state index >= 15 is 0 Å². The highest BCUT2D eigenvalue weighted by atomic mass is 16.5. The maximum atomic E-state index is 5.95. The lowest BCUT2D eigenvalue weighted by Gasteiger charge is -2.31. The number of rotatable bonds is 7.